The molecule has 0 aromatic heterocycles. The van der Waals surface area contributed by atoms with Crippen molar-refractivity contribution >= 4 is 5.91 Å². The van der Waals surface area contributed by atoms with Crippen LogP contribution in [0.1, 0.15) is 48.0 Å². The largest absolute Gasteiger partial charge is 0.343 e. The molecule has 0 fully saturated rings. The van der Waals surface area contributed by atoms with E-state index >= 15 is 0 Å². The van der Waals surface area contributed by atoms with E-state index in [2.05, 4.69) is 33.0 Å². The van der Waals surface area contributed by atoms with Gasteiger partial charge < -0.3 is 10.2 Å². The Morgan fingerprint density at radius 2 is 1.73 bits per heavy atom. The van der Waals surface area contributed by atoms with Crippen LogP contribution in [0.3, 0.4) is 0 Å². The van der Waals surface area contributed by atoms with Crippen molar-refractivity contribution in [2.75, 3.05) is 13.1 Å². The van der Waals surface area contributed by atoms with Crippen LogP contribution in [-0.2, 0) is 4.79 Å². The summed E-state index contributed by atoms with van der Waals surface area (Å²) in [7, 11) is 0. The second-order valence-corrected chi connectivity index (χ2v) is 5.07. The summed E-state index contributed by atoms with van der Waals surface area (Å²) in [5.74, 6) is 0.240. The van der Waals surface area contributed by atoms with E-state index in [9.17, 15) is 4.79 Å². The molecule has 3 heteroatoms. The molecular formula is C12H26N2O. The molecular weight excluding hydrogens is 188 g/mol. The summed E-state index contributed by atoms with van der Waals surface area (Å²) in [6, 6.07) is 0.234. The Kier molecular flexibility index (Phi) is 5.88. The molecule has 0 aliphatic heterocycles. The van der Waals surface area contributed by atoms with E-state index < -0.39 is 0 Å². The zero-order chi connectivity index (χ0) is 12.1. The van der Waals surface area contributed by atoms with Crippen LogP contribution in [0.2, 0.25) is 0 Å². The van der Waals surface area contributed by atoms with Gasteiger partial charge in [0.1, 0.15) is 0 Å². The van der Waals surface area contributed by atoms with Crippen molar-refractivity contribution in [2.24, 2.45) is 0 Å². The summed E-state index contributed by atoms with van der Waals surface area (Å²) in [6.45, 7) is 14.1. The van der Waals surface area contributed by atoms with Gasteiger partial charge in [-0.15, -0.1) is 0 Å². The van der Waals surface area contributed by atoms with E-state index in [0.717, 1.165) is 13.1 Å². The Balaban J connectivity index is 4.06. The van der Waals surface area contributed by atoms with Gasteiger partial charge in [0.05, 0.1) is 0 Å². The van der Waals surface area contributed by atoms with Crippen LogP contribution in [0.4, 0.5) is 0 Å². The van der Waals surface area contributed by atoms with Crippen molar-refractivity contribution in [2.45, 2.75) is 59.5 Å². The molecule has 0 aliphatic carbocycles. The normalized spacial score (nSPS) is 13.7. The average Bonchev–Trinajstić information content (AvgIpc) is 2.02. The number of rotatable bonds is 5. The Morgan fingerprint density at radius 3 is 2.07 bits per heavy atom. The van der Waals surface area contributed by atoms with Crippen molar-refractivity contribution < 1.29 is 4.79 Å². The van der Waals surface area contributed by atoms with E-state index in [-0.39, 0.29) is 17.5 Å². The first-order valence-corrected chi connectivity index (χ1v) is 5.85. The molecule has 15 heavy (non-hydrogen) atoms. The molecule has 1 amide bonds. The SMILES string of the molecule is CCN(CC)C(=O)CC(C)NC(C)(C)C. The van der Waals surface area contributed by atoms with Crippen LogP contribution in [0.25, 0.3) is 0 Å². The van der Waals surface area contributed by atoms with Gasteiger partial charge in [0.25, 0.3) is 0 Å². The van der Waals surface area contributed by atoms with Crippen molar-refractivity contribution in [1.82, 2.24) is 10.2 Å². The first-order valence-electron chi connectivity index (χ1n) is 5.85. The molecule has 0 radical (unpaired) electrons. The second-order valence-electron chi connectivity index (χ2n) is 5.07. The maximum absolute atomic E-state index is 11.8. The van der Waals surface area contributed by atoms with E-state index in [0.29, 0.717) is 6.42 Å². The Morgan fingerprint density at radius 1 is 1.27 bits per heavy atom. The van der Waals surface area contributed by atoms with E-state index in [1.54, 1.807) is 0 Å². The zero-order valence-electron chi connectivity index (χ0n) is 11.1. The third kappa shape index (κ3) is 6.50. The molecule has 0 aromatic rings. The number of nitrogens with one attached hydrogen (secondary N) is 1. The molecule has 0 aliphatic rings. The highest BCUT2D eigenvalue weighted by Gasteiger charge is 2.18. The number of carbonyl (C=O) groups excluding carboxylic acids is 1. The molecule has 0 spiro atoms. The van der Waals surface area contributed by atoms with E-state index in [1.165, 1.54) is 0 Å². The van der Waals surface area contributed by atoms with Crippen molar-refractivity contribution in [3.63, 3.8) is 0 Å². The molecule has 0 heterocycles. The van der Waals surface area contributed by atoms with Crippen molar-refractivity contribution in [3.8, 4) is 0 Å². The smallest absolute Gasteiger partial charge is 0.224 e. The lowest BCUT2D eigenvalue weighted by molar-refractivity contribution is -0.131. The summed E-state index contributed by atoms with van der Waals surface area (Å²) >= 11 is 0. The first kappa shape index (κ1) is 14.4. The van der Waals surface area contributed by atoms with Crippen LogP contribution in [-0.4, -0.2) is 35.5 Å². The summed E-state index contributed by atoms with van der Waals surface area (Å²) in [6.07, 6.45) is 0.582. The standard InChI is InChI=1S/C12H26N2O/c1-7-14(8-2)11(15)9-10(3)13-12(4,5)6/h10,13H,7-9H2,1-6H3. The molecule has 1 atom stereocenters. The molecule has 90 valence electrons. The van der Waals surface area contributed by atoms with E-state index in [4.69, 9.17) is 0 Å². The fourth-order valence-corrected chi connectivity index (χ4v) is 1.76. The maximum atomic E-state index is 11.8. The molecule has 0 bridgehead atoms. The van der Waals surface area contributed by atoms with Gasteiger partial charge in [0, 0.05) is 31.1 Å². The highest BCUT2D eigenvalue weighted by atomic mass is 16.2. The summed E-state index contributed by atoms with van der Waals surface area (Å²) in [5, 5.41) is 3.41. The summed E-state index contributed by atoms with van der Waals surface area (Å²) in [5.41, 5.74) is 0.0724. The Labute approximate surface area is 94.2 Å². The minimum atomic E-state index is 0.0724. The molecule has 1 N–H and O–H groups in total. The van der Waals surface area contributed by atoms with Gasteiger partial charge >= 0.3 is 0 Å². The lowest BCUT2D eigenvalue weighted by Crippen LogP contribution is -2.45. The predicted molar refractivity (Wildman–Crippen MR) is 64.9 cm³/mol. The van der Waals surface area contributed by atoms with Crippen LogP contribution in [0, 0.1) is 0 Å². The van der Waals surface area contributed by atoms with E-state index in [1.807, 2.05) is 18.7 Å². The minimum absolute atomic E-state index is 0.0724. The third-order valence-electron chi connectivity index (χ3n) is 2.28. The van der Waals surface area contributed by atoms with Gasteiger partial charge in [0.2, 0.25) is 5.91 Å². The number of carbonyl (C=O) groups is 1. The third-order valence-corrected chi connectivity index (χ3v) is 2.28. The number of hydrogen-bond donors (Lipinski definition) is 1. The molecule has 0 saturated heterocycles. The van der Waals surface area contributed by atoms with Crippen LogP contribution < -0.4 is 5.32 Å². The fraction of sp³-hybridized carbons (Fsp3) is 0.917. The maximum Gasteiger partial charge on any atom is 0.224 e. The number of amides is 1. The zero-order valence-corrected chi connectivity index (χ0v) is 11.1. The molecule has 0 rings (SSSR count). The quantitative estimate of drug-likeness (QED) is 0.759. The highest BCUT2D eigenvalue weighted by Crippen LogP contribution is 2.05. The lowest BCUT2D eigenvalue weighted by atomic mass is 10.1. The topological polar surface area (TPSA) is 32.3 Å². The molecule has 3 nitrogen and oxygen atoms in total. The van der Waals surface area contributed by atoms with Crippen LogP contribution in [0.5, 0.6) is 0 Å². The summed E-state index contributed by atoms with van der Waals surface area (Å²) in [4.78, 5) is 13.7. The minimum Gasteiger partial charge on any atom is -0.343 e. The van der Waals surface area contributed by atoms with Crippen molar-refractivity contribution in [3.05, 3.63) is 0 Å². The molecule has 0 aromatic carbocycles. The average molecular weight is 214 g/mol. The number of nitrogens with zero attached hydrogens (tertiary/aromatic N) is 1. The van der Waals surface area contributed by atoms with Crippen LogP contribution in [0.15, 0.2) is 0 Å². The van der Waals surface area contributed by atoms with Crippen molar-refractivity contribution in [1.29, 1.82) is 0 Å². The highest BCUT2D eigenvalue weighted by molar-refractivity contribution is 5.76. The Bertz CT molecular complexity index is 192. The van der Waals surface area contributed by atoms with Gasteiger partial charge in [-0.05, 0) is 41.5 Å². The molecule has 1 unspecified atom stereocenters. The van der Waals surface area contributed by atoms with Gasteiger partial charge in [-0.2, -0.15) is 0 Å². The fourth-order valence-electron chi connectivity index (χ4n) is 1.76. The second kappa shape index (κ2) is 6.11. The summed E-state index contributed by atoms with van der Waals surface area (Å²) < 4.78 is 0. The first-order chi connectivity index (χ1) is 6.80. The monoisotopic (exact) mass is 214 g/mol. The van der Waals surface area contributed by atoms with Gasteiger partial charge in [0.15, 0.2) is 0 Å². The van der Waals surface area contributed by atoms with Crippen LogP contribution >= 0.6 is 0 Å². The lowest BCUT2D eigenvalue weighted by Gasteiger charge is -2.27. The van der Waals surface area contributed by atoms with Gasteiger partial charge in [-0.1, -0.05) is 0 Å². The predicted octanol–water partition coefficient (Wildman–Crippen LogP) is 2.02. The molecule has 0 saturated carbocycles. The Hall–Kier alpha value is -0.570. The van der Waals surface area contributed by atoms with Gasteiger partial charge in [-0.3, -0.25) is 4.79 Å². The van der Waals surface area contributed by atoms with Gasteiger partial charge in [-0.25, -0.2) is 0 Å². The number of hydrogen-bond acceptors (Lipinski definition) is 2.